The van der Waals surface area contributed by atoms with Gasteiger partial charge in [-0.25, -0.2) is 0 Å². The Morgan fingerprint density at radius 1 is 1.35 bits per heavy atom. The van der Waals surface area contributed by atoms with E-state index in [0.717, 1.165) is 16.6 Å². The second-order valence-electron chi connectivity index (χ2n) is 5.45. The quantitative estimate of drug-likeness (QED) is 0.896. The number of para-hydroxylation sites is 1. The zero-order valence-corrected chi connectivity index (χ0v) is 12.2. The highest BCUT2D eigenvalue weighted by Crippen LogP contribution is 2.18. The normalized spacial score (nSPS) is 12.7. The van der Waals surface area contributed by atoms with E-state index in [0.29, 0.717) is 18.0 Å². The van der Waals surface area contributed by atoms with Crippen LogP contribution in [0.3, 0.4) is 0 Å². The Morgan fingerprint density at radius 2 is 2.05 bits per heavy atom. The molecule has 106 valence electrons. The van der Waals surface area contributed by atoms with Gasteiger partial charge in [-0.2, -0.15) is 0 Å². The molecule has 3 N–H and O–H groups in total. The fourth-order valence-corrected chi connectivity index (χ4v) is 2.04. The molecular weight excluding hydrogens is 250 g/mol. The van der Waals surface area contributed by atoms with Gasteiger partial charge in [0, 0.05) is 23.7 Å². The van der Waals surface area contributed by atoms with Gasteiger partial charge in [0.1, 0.15) is 0 Å². The number of nitrogens with zero attached hydrogens (tertiary/aromatic N) is 1. The van der Waals surface area contributed by atoms with Crippen molar-refractivity contribution in [2.24, 2.45) is 11.7 Å². The molecule has 0 spiro atoms. The number of benzene rings is 1. The van der Waals surface area contributed by atoms with Crippen molar-refractivity contribution in [1.29, 1.82) is 0 Å². The Hall–Kier alpha value is -1.94. The summed E-state index contributed by atoms with van der Waals surface area (Å²) in [5, 5.41) is 3.78. The van der Waals surface area contributed by atoms with Crippen LogP contribution in [0.4, 0.5) is 0 Å². The number of fused-ring (bicyclic) bond motifs is 1. The van der Waals surface area contributed by atoms with Crippen LogP contribution in [-0.4, -0.2) is 23.5 Å². The molecule has 1 heterocycles. The van der Waals surface area contributed by atoms with Crippen LogP contribution in [0.5, 0.6) is 0 Å². The standard InChI is InChI=1S/C16H21N3O/c1-10(2)14(17)9-18-16(20)13-8-11(3)19-15-7-5-4-6-12(13)15/h4-8,10,14H,9,17H2,1-3H3,(H,18,20). The largest absolute Gasteiger partial charge is 0.350 e. The van der Waals surface area contributed by atoms with Crippen molar-refractivity contribution >= 4 is 16.8 Å². The lowest BCUT2D eigenvalue weighted by Gasteiger charge is -2.16. The number of amides is 1. The first-order valence-corrected chi connectivity index (χ1v) is 6.89. The number of carbonyl (C=O) groups is 1. The molecule has 4 heteroatoms. The number of hydrogen-bond acceptors (Lipinski definition) is 3. The van der Waals surface area contributed by atoms with E-state index in [1.165, 1.54) is 0 Å². The summed E-state index contributed by atoms with van der Waals surface area (Å²) in [7, 11) is 0. The van der Waals surface area contributed by atoms with Crippen LogP contribution in [0.15, 0.2) is 30.3 Å². The molecule has 1 aromatic heterocycles. The lowest BCUT2D eigenvalue weighted by Crippen LogP contribution is -2.40. The summed E-state index contributed by atoms with van der Waals surface area (Å²) < 4.78 is 0. The molecule has 0 aliphatic heterocycles. The fourth-order valence-electron chi connectivity index (χ4n) is 2.04. The summed E-state index contributed by atoms with van der Waals surface area (Å²) in [6, 6.07) is 9.45. The summed E-state index contributed by atoms with van der Waals surface area (Å²) in [4.78, 5) is 16.8. The molecule has 2 aromatic rings. The molecule has 0 saturated heterocycles. The van der Waals surface area contributed by atoms with Crippen LogP contribution >= 0.6 is 0 Å². The molecule has 0 bridgehead atoms. The maximum Gasteiger partial charge on any atom is 0.252 e. The van der Waals surface area contributed by atoms with Crippen LogP contribution in [0.2, 0.25) is 0 Å². The van der Waals surface area contributed by atoms with E-state index < -0.39 is 0 Å². The number of nitrogens with two attached hydrogens (primary N) is 1. The van der Waals surface area contributed by atoms with Crippen LogP contribution < -0.4 is 11.1 Å². The predicted octanol–water partition coefficient (Wildman–Crippen LogP) is 2.26. The van der Waals surface area contributed by atoms with Gasteiger partial charge in [-0.1, -0.05) is 32.0 Å². The minimum atomic E-state index is -0.0946. The van der Waals surface area contributed by atoms with Gasteiger partial charge in [0.15, 0.2) is 0 Å². The predicted molar refractivity (Wildman–Crippen MR) is 81.6 cm³/mol. The number of nitrogens with one attached hydrogen (secondary N) is 1. The van der Waals surface area contributed by atoms with Crippen LogP contribution in [-0.2, 0) is 0 Å². The molecule has 20 heavy (non-hydrogen) atoms. The SMILES string of the molecule is Cc1cc(C(=O)NCC(N)C(C)C)c2ccccc2n1. The van der Waals surface area contributed by atoms with Crippen molar-refractivity contribution in [3.8, 4) is 0 Å². The van der Waals surface area contributed by atoms with E-state index in [2.05, 4.69) is 10.3 Å². The second-order valence-corrected chi connectivity index (χ2v) is 5.45. The Bertz CT molecular complexity index is 622. The van der Waals surface area contributed by atoms with Crippen molar-refractivity contribution in [1.82, 2.24) is 10.3 Å². The highest BCUT2D eigenvalue weighted by Gasteiger charge is 2.14. The third-order valence-electron chi connectivity index (χ3n) is 3.44. The van der Waals surface area contributed by atoms with Crippen molar-refractivity contribution in [2.75, 3.05) is 6.54 Å². The number of rotatable bonds is 4. The van der Waals surface area contributed by atoms with Gasteiger partial charge < -0.3 is 11.1 Å². The Labute approximate surface area is 119 Å². The summed E-state index contributed by atoms with van der Waals surface area (Å²) in [6.07, 6.45) is 0. The van der Waals surface area contributed by atoms with Gasteiger partial charge in [0.2, 0.25) is 0 Å². The Kier molecular flexibility index (Phi) is 4.35. The number of pyridine rings is 1. The van der Waals surface area contributed by atoms with E-state index in [1.54, 1.807) is 0 Å². The smallest absolute Gasteiger partial charge is 0.252 e. The van der Waals surface area contributed by atoms with Crippen molar-refractivity contribution in [2.45, 2.75) is 26.8 Å². The molecule has 0 saturated carbocycles. The lowest BCUT2D eigenvalue weighted by molar-refractivity contribution is 0.0950. The minimum absolute atomic E-state index is 0.0341. The molecule has 4 nitrogen and oxygen atoms in total. The van der Waals surface area contributed by atoms with Crippen LogP contribution in [0.1, 0.15) is 29.9 Å². The van der Waals surface area contributed by atoms with Crippen molar-refractivity contribution < 1.29 is 4.79 Å². The first kappa shape index (κ1) is 14.5. The number of aryl methyl sites for hydroxylation is 1. The first-order chi connectivity index (χ1) is 9.49. The summed E-state index contributed by atoms with van der Waals surface area (Å²) in [6.45, 7) is 6.46. The average molecular weight is 271 g/mol. The molecule has 1 aromatic carbocycles. The lowest BCUT2D eigenvalue weighted by atomic mass is 10.0. The zero-order valence-electron chi connectivity index (χ0n) is 12.2. The van der Waals surface area contributed by atoms with Gasteiger partial charge in [0.05, 0.1) is 11.1 Å². The molecule has 1 amide bonds. The maximum absolute atomic E-state index is 12.3. The van der Waals surface area contributed by atoms with Crippen molar-refractivity contribution in [3.63, 3.8) is 0 Å². The monoisotopic (exact) mass is 271 g/mol. The Balaban J connectivity index is 2.26. The first-order valence-electron chi connectivity index (χ1n) is 6.89. The molecular formula is C16H21N3O. The molecule has 0 aliphatic rings. The minimum Gasteiger partial charge on any atom is -0.350 e. The van der Waals surface area contributed by atoms with E-state index in [-0.39, 0.29) is 11.9 Å². The Morgan fingerprint density at radius 3 is 2.75 bits per heavy atom. The highest BCUT2D eigenvalue weighted by atomic mass is 16.1. The summed E-state index contributed by atoms with van der Waals surface area (Å²) in [5.41, 5.74) is 8.29. The molecule has 1 unspecified atom stereocenters. The van der Waals surface area contributed by atoms with Gasteiger partial charge in [-0.3, -0.25) is 9.78 Å². The molecule has 2 rings (SSSR count). The second kappa shape index (κ2) is 6.01. The van der Waals surface area contributed by atoms with Gasteiger partial charge in [-0.15, -0.1) is 0 Å². The highest BCUT2D eigenvalue weighted by molar-refractivity contribution is 6.06. The van der Waals surface area contributed by atoms with Crippen molar-refractivity contribution in [3.05, 3.63) is 41.6 Å². The van der Waals surface area contributed by atoms with Crippen LogP contribution in [0.25, 0.3) is 10.9 Å². The van der Waals surface area contributed by atoms with Gasteiger partial charge in [-0.05, 0) is 25.0 Å². The van der Waals surface area contributed by atoms with Gasteiger partial charge >= 0.3 is 0 Å². The molecule has 0 aliphatic carbocycles. The molecule has 1 atom stereocenters. The topological polar surface area (TPSA) is 68.0 Å². The molecule has 0 fully saturated rings. The van der Waals surface area contributed by atoms with E-state index in [9.17, 15) is 4.79 Å². The number of aromatic nitrogens is 1. The average Bonchev–Trinajstić information content (AvgIpc) is 2.43. The third-order valence-corrected chi connectivity index (χ3v) is 3.44. The van der Waals surface area contributed by atoms with Crippen LogP contribution in [0, 0.1) is 12.8 Å². The molecule has 0 radical (unpaired) electrons. The third kappa shape index (κ3) is 3.14. The fraction of sp³-hybridized carbons (Fsp3) is 0.375. The number of carbonyl (C=O) groups excluding carboxylic acids is 1. The van der Waals surface area contributed by atoms with Gasteiger partial charge in [0.25, 0.3) is 5.91 Å². The van der Waals surface area contributed by atoms with E-state index in [1.807, 2.05) is 51.1 Å². The summed E-state index contributed by atoms with van der Waals surface area (Å²) in [5.74, 6) is 0.244. The maximum atomic E-state index is 12.3. The summed E-state index contributed by atoms with van der Waals surface area (Å²) >= 11 is 0. The van der Waals surface area contributed by atoms with E-state index >= 15 is 0 Å². The zero-order chi connectivity index (χ0) is 14.7. The number of hydrogen-bond donors (Lipinski definition) is 2. The van der Waals surface area contributed by atoms with E-state index in [4.69, 9.17) is 5.73 Å².